The second kappa shape index (κ2) is 8.67. The second-order valence-corrected chi connectivity index (χ2v) is 8.66. The van der Waals surface area contributed by atoms with Gasteiger partial charge in [-0.05, 0) is 56.3 Å². The number of hydrogen-bond acceptors (Lipinski definition) is 8. The number of fused-ring (bicyclic) bond motifs is 1. The number of nitrogens with one attached hydrogen (secondary N) is 2. The highest BCUT2D eigenvalue weighted by molar-refractivity contribution is 7.92. The largest absolute Gasteiger partial charge is 0.454 e. The molecule has 1 aliphatic heterocycles. The number of rotatable bonds is 7. The summed E-state index contributed by atoms with van der Waals surface area (Å²) in [7, 11) is -3.80. The van der Waals surface area contributed by atoms with Gasteiger partial charge in [0.15, 0.2) is 17.3 Å². The van der Waals surface area contributed by atoms with E-state index in [2.05, 4.69) is 20.0 Å². The maximum absolute atomic E-state index is 12.6. The average Bonchev–Trinajstić information content (AvgIpc) is 3.21. The molecule has 0 spiro atoms. The third kappa shape index (κ3) is 4.86. The minimum absolute atomic E-state index is 0.0809. The van der Waals surface area contributed by atoms with E-state index in [1.807, 2.05) is 0 Å². The predicted octanol–water partition coefficient (Wildman–Crippen LogP) is 3.43. The van der Waals surface area contributed by atoms with Gasteiger partial charge in [-0.2, -0.15) is 0 Å². The van der Waals surface area contributed by atoms with E-state index in [1.54, 1.807) is 50.2 Å². The number of carbonyl (C=O) groups is 1. The molecular weight excluding hydrogens is 432 g/mol. The van der Waals surface area contributed by atoms with Crippen LogP contribution in [0.2, 0.25) is 0 Å². The van der Waals surface area contributed by atoms with Crippen molar-refractivity contribution in [2.75, 3.05) is 16.8 Å². The van der Waals surface area contributed by atoms with Crippen LogP contribution in [0.3, 0.4) is 0 Å². The number of sulfonamides is 1. The van der Waals surface area contributed by atoms with Crippen LogP contribution in [0.15, 0.2) is 65.7 Å². The SMILES string of the molecule is Cc1cc(NS(=O)(=O)c2ccc(NC=CC(=O)c3ccc4c(c3)OCO4)cc2)nc(C)n1. The highest BCUT2D eigenvalue weighted by atomic mass is 32.2. The maximum atomic E-state index is 12.6. The first-order valence-electron chi connectivity index (χ1n) is 9.62. The molecule has 0 aliphatic carbocycles. The molecular formula is C22H20N4O5S. The molecule has 0 unspecified atom stereocenters. The smallest absolute Gasteiger partial charge is 0.263 e. The summed E-state index contributed by atoms with van der Waals surface area (Å²) >= 11 is 0. The molecule has 0 bridgehead atoms. The topological polar surface area (TPSA) is 120 Å². The Kier molecular flexibility index (Phi) is 5.78. The molecule has 0 saturated carbocycles. The lowest BCUT2D eigenvalue weighted by Gasteiger charge is -2.09. The summed E-state index contributed by atoms with van der Waals surface area (Å²) in [4.78, 5) is 20.6. The van der Waals surface area contributed by atoms with Gasteiger partial charge in [0.25, 0.3) is 10.0 Å². The number of anilines is 2. The summed E-state index contributed by atoms with van der Waals surface area (Å²) in [6.45, 7) is 3.59. The van der Waals surface area contributed by atoms with Crippen LogP contribution in [-0.4, -0.2) is 31.0 Å². The van der Waals surface area contributed by atoms with E-state index in [1.165, 1.54) is 24.4 Å². The normalized spacial score (nSPS) is 12.7. The number of ether oxygens (including phenoxy) is 2. The number of nitrogens with zero attached hydrogens (tertiary/aromatic N) is 2. The quantitative estimate of drug-likeness (QED) is 0.413. The van der Waals surface area contributed by atoms with Crippen molar-refractivity contribution in [1.29, 1.82) is 0 Å². The number of allylic oxidation sites excluding steroid dienone is 1. The zero-order chi connectivity index (χ0) is 22.7. The summed E-state index contributed by atoms with van der Waals surface area (Å²) in [5.74, 6) is 1.62. The Morgan fingerprint density at radius 2 is 1.75 bits per heavy atom. The molecule has 2 heterocycles. The van der Waals surface area contributed by atoms with Crippen molar-refractivity contribution < 1.29 is 22.7 Å². The van der Waals surface area contributed by atoms with Crippen LogP contribution in [-0.2, 0) is 10.0 Å². The highest BCUT2D eigenvalue weighted by Gasteiger charge is 2.16. The molecule has 0 radical (unpaired) electrons. The lowest BCUT2D eigenvalue weighted by molar-refractivity contribution is 0.104. The first-order valence-corrected chi connectivity index (χ1v) is 11.1. The van der Waals surface area contributed by atoms with Gasteiger partial charge in [0.1, 0.15) is 11.6 Å². The van der Waals surface area contributed by atoms with E-state index in [0.717, 1.165) is 0 Å². The van der Waals surface area contributed by atoms with Gasteiger partial charge in [0.2, 0.25) is 6.79 Å². The van der Waals surface area contributed by atoms with Crippen molar-refractivity contribution in [3.8, 4) is 11.5 Å². The molecule has 32 heavy (non-hydrogen) atoms. The van der Waals surface area contributed by atoms with Crippen molar-refractivity contribution in [3.05, 3.63) is 77.9 Å². The van der Waals surface area contributed by atoms with Crippen molar-refractivity contribution in [2.45, 2.75) is 18.7 Å². The van der Waals surface area contributed by atoms with Crippen LogP contribution >= 0.6 is 0 Å². The molecule has 3 aromatic rings. The van der Waals surface area contributed by atoms with Crippen molar-refractivity contribution >= 4 is 27.3 Å². The number of ketones is 1. The molecule has 4 rings (SSSR count). The molecule has 1 aliphatic rings. The molecule has 0 amide bonds. The summed E-state index contributed by atoms with van der Waals surface area (Å²) in [6, 6.07) is 12.6. The zero-order valence-corrected chi connectivity index (χ0v) is 18.1. The average molecular weight is 452 g/mol. The van der Waals surface area contributed by atoms with Gasteiger partial charge in [0, 0.05) is 35.3 Å². The van der Waals surface area contributed by atoms with E-state index in [-0.39, 0.29) is 23.3 Å². The summed E-state index contributed by atoms with van der Waals surface area (Å²) in [6.07, 6.45) is 2.87. The van der Waals surface area contributed by atoms with Crippen LogP contribution in [0.1, 0.15) is 21.9 Å². The fraction of sp³-hybridized carbons (Fsp3) is 0.136. The Labute approximate surface area is 185 Å². The lowest BCUT2D eigenvalue weighted by atomic mass is 10.1. The number of carbonyl (C=O) groups excluding carboxylic acids is 1. The molecule has 9 nitrogen and oxygen atoms in total. The molecule has 1 aromatic heterocycles. The van der Waals surface area contributed by atoms with Crippen molar-refractivity contribution in [1.82, 2.24) is 9.97 Å². The number of aromatic nitrogens is 2. The predicted molar refractivity (Wildman–Crippen MR) is 118 cm³/mol. The minimum Gasteiger partial charge on any atom is -0.454 e. The Balaban J connectivity index is 1.39. The molecule has 2 aromatic carbocycles. The number of aryl methyl sites for hydroxylation is 2. The first-order chi connectivity index (χ1) is 15.3. The van der Waals surface area contributed by atoms with Gasteiger partial charge < -0.3 is 14.8 Å². The lowest BCUT2D eigenvalue weighted by Crippen LogP contribution is -2.14. The van der Waals surface area contributed by atoms with Crippen LogP contribution in [0.4, 0.5) is 11.5 Å². The van der Waals surface area contributed by atoms with Gasteiger partial charge >= 0.3 is 0 Å². The molecule has 0 atom stereocenters. The Hall–Kier alpha value is -3.92. The molecule has 0 saturated heterocycles. The van der Waals surface area contributed by atoms with E-state index in [9.17, 15) is 13.2 Å². The van der Waals surface area contributed by atoms with Crippen molar-refractivity contribution in [2.24, 2.45) is 0 Å². The molecule has 2 N–H and O–H groups in total. The first kappa shape index (κ1) is 21.3. The van der Waals surface area contributed by atoms with E-state index < -0.39 is 10.0 Å². The Bertz CT molecular complexity index is 1280. The fourth-order valence-corrected chi connectivity index (χ4v) is 4.05. The van der Waals surface area contributed by atoms with Gasteiger partial charge in [-0.1, -0.05) is 0 Å². The second-order valence-electron chi connectivity index (χ2n) is 6.98. The van der Waals surface area contributed by atoms with Crippen LogP contribution in [0, 0.1) is 13.8 Å². The maximum Gasteiger partial charge on any atom is 0.263 e. The summed E-state index contributed by atoms with van der Waals surface area (Å²) in [5.41, 5.74) is 1.75. The van der Waals surface area contributed by atoms with Crippen LogP contribution < -0.4 is 19.5 Å². The molecule has 164 valence electrons. The number of hydrogen-bond donors (Lipinski definition) is 2. The standard InChI is InChI=1S/C22H20N4O5S/c1-14-11-22(25-15(2)24-14)26-32(28,29)18-6-4-17(5-7-18)23-10-9-19(27)16-3-8-20-21(12-16)31-13-30-20/h3-12,23H,13H2,1-2H3,(H,24,25,26). The van der Waals surface area contributed by atoms with Gasteiger partial charge in [0.05, 0.1) is 4.90 Å². The monoisotopic (exact) mass is 452 g/mol. The highest BCUT2D eigenvalue weighted by Crippen LogP contribution is 2.32. The van der Waals surface area contributed by atoms with Gasteiger partial charge in [-0.15, -0.1) is 0 Å². The summed E-state index contributed by atoms with van der Waals surface area (Å²) in [5, 5.41) is 2.95. The minimum atomic E-state index is -3.80. The zero-order valence-electron chi connectivity index (χ0n) is 17.3. The van der Waals surface area contributed by atoms with Crippen LogP contribution in [0.25, 0.3) is 0 Å². The van der Waals surface area contributed by atoms with E-state index in [0.29, 0.717) is 34.3 Å². The molecule has 0 fully saturated rings. The third-order valence-corrected chi connectivity index (χ3v) is 5.88. The van der Waals surface area contributed by atoms with E-state index in [4.69, 9.17) is 9.47 Å². The van der Waals surface area contributed by atoms with E-state index >= 15 is 0 Å². The van der Waals surface area contributed by atoms with Gasteiger partial charge in [-0.3, -0.25) is 9.52 Å². The fourth-order valence-electron chi connectivity index (χ4n) is 3.06. The Morgan fingerprint density at radius 1 is 1.00 bits per heavy atom. The van der Waals surface area contributed by atoms with Gasteiger partial charge in [-0.25, -0.2) is 18.4 Å². The third-order valence-electron chi connectivity index (χ3n) is 4.51. The molecule has 10 heteroatoms. The number of benzene rings is 2. The van der Waals surface area contributed by atoms with Crippen LogP contribution in [0.5, 0.6) is 11.5 Å². The van der Waals surface area contributed by atoms with Crippen molar-refractivity contribution in [3.63, 3.8) is 0 Å². The Morgan fingerprint density at radius 3 is 2.50 bits per heavy atom. The summed E-state index contributed by atoms with van der Waals surface area (Å²) < 4.78 is 38.2.